The quantitative estimate of drug-likeness (QED) is 0.908. The minimum Gasteiger partial charge on any atom is -0.319 e. The van der Waals surface area contributed by atoms with Crippen LogP contribution in [0.25, 0.3) is 0 Å². The Hall–Kier alpha value is -1.82. The molecule has 18 heavy (non-hydrogen) atoms. The van der Waals surface area contributed by atoms with E-state index < -0.39 is 17.5 Å². The first kappa shape index (κ1) is 12.6. The van der Waals surface area contributed by atoms with Crippen LogP contribution in [0.2, 0.25) is 0 Å². The van der Waals surface area contributed by atoms with E-state index in [0.29, 0.717) is 10.6 Å². The molecular formula is C12H10F2N2OS. The van der Waals surface area contributed by atoms with Crippen molar-refractivity contribution < 1.29 is 13.6 Å². The minimum absolute atomic E-state index is 0.0492. The maximum Gasteiger partial charge on any atom is 0.267 e. The molecule has 1 heterocycles. The third kappa shape index (κ3) is 2.53. The number of hydrogen-bond donors (Lipinski definition) is 1. The topological polar surface area (TPSA) is 42.0 Å². The van der Waals surface area contributed by atoms with Gasteiger partial charge in [-0.1, -0.05) is 0 Å². The highest BCUT2D eigenvalue weighted by Gasteiger charge is 2.15. The number of halogens is 2. The summed E-state index contributed by atoms with van der Waals surface area (Å²) in [6.07, 6.45) is 0. The van der Waals surface area contributed by atoms with Gasteiger partial charge in [0.05, 0.1) is 16.4 Å². The number of amides is 1. The van der Waals surface area contributed by atoms with Crippen LogP contribution in [0.15, 0.2) is 18.2 Å². The van der Waals surface area contributed by atoms with Gasteiger partial charge in [-0.15, -0.1) is 11.3 Å². The lowest BCUT2D eigenvalue weighted by molar-refractivity contribution is 0.102. The number of carbonyl (C=O) groups is 1. The molecule has 6 heteroatoms. The summed E-state index contributed by atoms with van der Waals surface area (Å²) in [7, 11) is 0. The Morgan fingerprint density at radius 2 is 2.06 bits per heavy atom. The van der Waals surface area contributed by atoms with Crippen LogP contribution in [0.1, 0.15) is 20.4 Å². The van der Waals surface area contributed by atoms with Gasteiger partial charge in [0.15, 0.2) is 0 Å². The molecule has 0 fully saturated rings. The van der Waals surface area contributed by atoms with E-state index in [9.17, 15) is 13.6 Å². The molecule has 0 saturated carbocycles. The molecule has 1 N–H and O–H groups in total. The third-order valence-electron chi connectivity index (χ3n) is 2.29. The maximum atomic E-state index is 13.4. The van der Waals surface area contributed by atoms with Crippen LogP contribution in [0, 0.1) is 25.5 Å². The molecule has 0 aliphatic carbocycles. The number of rotatable bonds is 2. The zero-order chi connectivity index (χ0) is 13.3. The predicted molar refractivity (Wildman–Crippen MR) is 65.9 cm³/mol. The van der Waals surface area contributed by atoms with E-state index in [-0.39, 0.29) is 5.69 Å². The molecule has 3 nitrogen and oxygen atoms in total. The van der Waals surface area contributed by atoms with Crippen LogP contribution in [-0.4, -0.2) is 10.9 Å². The van der Waals surface area contributed by atoms with Crippen molar-refractivity contribution in [2.75, 3.05) is 5.32 Å². The SMILES string of the molecule is Cc1nc(C)c(C(=O)Nc2ccc(F)cc2F)s1. The van der Waals surface area contributed by atoms with Crippen molar-refractivity contribution in [3.05, 3.63) is 45.4 Å². The van der Waals surface area contributed by atoms with Gasteiger partial charge in [-0.05, 0) is 26.0 Å². The van der Waals surface area contributed by atoms with Crippen molar-refractivity contribution in [1.82, 2.24) is 4.98 Å². The molecule has 0 aliphatic rings. The van der Waals surface area contributed by atoms with Crippen molar-refractivity contribution in [2.24, 2.45) is 0 Å². The summed E-state index contributed by atoms with van der Waals surface area (Å²) in [5, 5.41) is 3.16. The predicted octanol–water partition coefficient (Wildman–Crippen LogP) is 3.29. The minimum atomic E-state index is -0.803. The first-order chi connectivity index (χ1) is 8.47. The fourth-order valence-corrected chi connectivity index (χ4v) is 2.33. The van der Waals surface area contributed by atoms with Crippen molar-refractivity contribution in [3.63, 3.8) is 0 Å². The highest BCUT2D eigenvalue weighted by atomic mass is 32.1. The molecule has 0 aliphatic heterocycles. The average Bonchev–Trinajstić information content (AvgIpc) is 2.62. The lowest BCUT2D eigenvalue weighted by Gasteiger charge is -2.05. The van der Waals surface area contributed by atoms with Crippen LogP contribution in [0.4, 0.5) is 14.5 Å². The zero-order valence-electron chi connectivity index (χ0n) is 9.75. The summed E-state index contributed by atoms with van der Waals surface area (Å²) >= 11 is 1.23. The van der Waals surface area contributed by atoms with E-state index in [4.69, 9.17) is 0 Å². The van der Waals surface area contributed by atoms with Crippen LogP contribution in [0.3, 0.4) is 0 Å². The van der Waals surface area contributed by atoms with E-state index in [1.165, 1.54) is 17.4 Å². The highest BCUT2D eigenvalue weighted by Crippen LogP contribution is 2.20. The molecule has 2 aromatic rings. The number of carbonyl (C=O) groups excluding carboxylic acids is 1. The maximum absolute atomic E-state index is 13.4. The number of nitrogens with zero attached hydrogens (tertiary/aromatic N) is 1. The number of thiazole rings is 1. The summed E-state index contributed by atoms with van der Waals surface area (Å²) in [4.78, 5) is 16.4. The Morgan fingerprint density at radius 1 is 1.33 bits per heavy atom. The van der Waals surface area contributed by atoms with Gasteiger partial charge < -0.3 is 5.32 Å². The van der Waals surface area contributed by atoms with Crippen LogP contribution in [-0.2, 0) is 0 Å². The highest BCUT2D eigenvalue weighted by molar-refractivity contribution is 7.13. The second-order valence-corrected chi connectivity index (χ2v) is 4.93. The molecule has 0 spiro atoms. The molecule has 2 rings (SSSR count). The summed E-state index contributed by atoms with van der Waals surface area (Å²) < 4.78 is 26.1. The molecule has 0 atom stereocenters. The van der Waals surface area contributed by atoms with Gasteiger partial charge in [0.25, 0.3) is 5.91 Å². The van der Waals surface area contributed by atoms with E-state index in [1.54, 1.807) is 13.8 Å². The fraction of sp³-hybridized carbons (Fsp3) is 0.167. The number of benzene rings is 1. The van der Waals surface area contributed by atoms with Crippen LogP contribution in [0.5, 0.6) is 0 Å². The van der Waals surface area contributed by atoms with Gasteiger partial charge in [-0.25, -0.2) is 13.8 Å². The number of aryl methyl sites for hydroxylation is 2. The molecule has 0 saturated heterocycles. The van der Waals surface area contributed by atoms with E-state index in [2.05, 4.69) is 10.3 Å². The molecule has 0 unspecified atom stereocenters. The third-order valence-corrected chi connectivity index (χ3v) is 3.36. The Morgan fingerprint density at radius 3 is 2.61 bits per heavy atom. The second kappa shape index (κ2) is 4.81. The lowest BCUT2D eigenvalue weighted by Crippen LogP contribution is -2.12. The summed E-state index contributed by atoms with van der Waals surface area (Å²) in [6.45, 7) is 3.49. The fourth-order valence-electron chi connectivity index (χ4n) is 1.51. The Bertz CT molecular complexity index is 610. The van der Waals surface area contributed by atoms with Gasteiger partial charge in [0, 0.05) is 6.07 Å². The molecule has 1 amide bonds. The molecule has 0 bridgehead atoms. The molecule has 1 aromatic carbocycles. The molecule has 0 radical (unpaired) electrons. The van der Waals surface area contributed by atoms with Crippen molar-refractivity contribution in [3.8, 4) is 0 Å². The Kier molecular flexibility index (Phi) is 3.38. The smallest absolute Gasteiger partial charge is 0.267 e. The number of nitrogens with one attached hydrogen (secondary N) is 1. The molecular weight excluding hydrogens is 258 g/mol. The number of anilines is 1. The monoisotopic (exact) mass is 268 g/mol. The largest absolute Gasteiger partial charge is 0.319 e. The van der Waals surface area contributed by atoms with Gasteiger partial charge in [-0.2, -0.15) is 0 Å². The summed E-state index contributed by atoms with van der Waals surface area (Å²) in [6, 6.07) is 3.00. The van der Waals surface area contributed by atoms with Crippen LogP contribution >= 0.6 is 11.3 Å². The Balaban J connectivity index is 2.24. The Labute approximate surface area is 106 Å². The summed E-state index contributed by atoms with van der Waals surface area (Å²) in [5.41, 5.74) is 0.546. The summed E-state index contributed by atoms with van der Waals surface area (Å²) in [5.74, 6) is -1.93. The van der Waals surface area contributed by atoms with Crippen molar-refractivity contribution >= 4 is 22.9 Å². The van der Waals surface area contributed by atoms with Gasteiger partial charge >= 0.3 is 0 Å². The second-order valence-electron chi connectivity index (χ2n) is 3.73. The van der Waals surface area contributed by atoms with Gasteiger partial charge in [0.1, 0.15) is 16.5 Å². The number of aromatic nitrogens is 1. The van der Waals surface area contributed by atoms with Gasteiger partial charge in [0.2, 0.25) is 0 Å². The lowest BCUT2D eigenvalue weighted by atomic mass is 10.3. The number of hydrogen-bond acceptors (Lipinski definition) is 3. The first-order valence-electron chi connectivity index (χ1n) is 5.18. The molecule has 94 valence electrons. The normalized spacial score (nSPS) is 10.4. The molecule has 1 aromatic heterocycles. The van der Waals surface area contributed by atoms with Crippen LogP contribution < -0.4 is 5.32 Å². The van der Waals surface area contributed by atoms with E-state index in [1.807, 2.05) is 0 Å². The van der Waals surface area contributed by atoms with Crippen molar-refractivity contribution in [1.29, 1.82) is 0 Å². The zero-order valence-corrected chi connectivity index (χ0v) is 10.6. The first-order valence-corrected chi connectivity index (χ1v) is 5.99. The van der Waals surface area contributed by atoms with Gasteiger partial charge in [-0.3, -0.25) is 4.79 Å². The van der Waals surface area contributed by atoms with E-state index in [0.717, 1.165) is 17.1 Å². The standard InChI is InChI=1S/C12H10F2N2OS/c1-6-11(18-7(2)15-6)12(17)16-10-4-3-8(13)5-9(10)14/h3-5H,1-2H3,(H,16,17). The van der Waals surface area contributed by atoms with E-state index >= 15 is 0 Å². The average molecular weight is 268 g/mol. The van der Waals surface area contributed by atoms with Crippen molar-refractivity contribution in [2.45, 2.75) is 13.8 Å².